The van der Waals surface area contributed by atoms with Crippen LogP contribution in [0.5, 0.6) is 0 Å². The maximum atomic E-state index is 12.1. The molecular formula is C22H22BrN3O3. The van der Waals surface area contributed by atoms with Gasteiger partial charge in [-0.2, -0.15) is 0 Å². The second kappa shape index (κ2) is 9.01. The Morgan fingerprint density at radius 3 is 2.62 bits per heavy atom. The number of hydrogen-bond donors (Lipinski definition) is 3. The molecule has 2 aromatic rings. The highest BCUT2D eigenvalue weighted by Gasteiger charge is 2.32. The summed E-state index contributed by atoms with van der Waals surface area (Å²) in [4.78, 5) is 24.4. The van der Waals surface area contributed by atoms with E-state index in [-0.39, 0.29) is 24.5 Å². The van der Waals surface area contributed by atoms with Gasteiger partial charge in [-0.25, -0.2) is 4.79 Å². The maximum absolute atomic E-state index is 12.1. The predicted octanol–water partition coefficient (Wildman–Crippen LogP) is 4.37. The van der Waals surface area contributed by atoms with Crippen LogP contribution < -0.4 is 15.5 Å². The van der Waals surface area contributed by atoms with Crippen LogP contribution >= 0.6 is 15.9 Å². The lowest BCUT2D eigenvalue weighted by Crippen LogP contribution is -2.43. The van der Waals surface area contributed by atoms with Gasteiger partial charge < -0.3 is 20.6 Å². The first-order valence-electron chi connectivity index (χ1n) is 9.26. The van der Waals surface area contributed by atoms with Crippen LogP contribution in [0.15, 0.2) is 46.9 Å². The summed E-state index contributed by atoms with van der Waals surface area (Å²) in [6, 6.07) is 13.9. The van der Waals surface area contributed by atoms with Crippen LogP contribution in [0.3, 0.4) is 0 Å². The molecule has 0 saturated heterocycles. The fourth-order valence-electron chi connectivity index (χ4n) is 3.57. The highest BCUT2D eigenvalue weighted by atomic mass is 79.9. The third kappa shape index (κ3) is 5.09. The number of carbonyl (C=O) groups excluding carboxylic acids is 1. The monoisotopic (exact) mass is 455 g/mol. The summed E-state index contributed by atoms with van der Waals surface area (Å²) >= 11 is 3.54. The number of nitrogens with zero attached hydrogens (tertiary/aromatic N) is 1. The minimum atomic E-state index is -1.09. The van der Waals surface area contributed by atoms with Gasteiger partial charge in [0.1, 0.15) is 0 Å². The Morgan fingerprint density at radius 2 is 1.97 bits per heavy atom. The van der Waals surface area contributed by atoms with Gasteiger partial charge in [0.15, 0.2) is 0 Å². The van der Waals surface area contributed by atoms with Gasteiger partial charge in [0.05, 0.1) is 12.6 Å². The van der Waals surface area contributed by atoms with E-state index in [1.165, 1.54) is 0 Å². The molecule has 0 aromatic heterocycles. The minimum absolute atomic E-state index is 0.0415. The molecule has 0 saturated carbocycles. The molecule has 3 N–H and O–H groups in total. The highest BCUT2D eigenvalue weighted by molar-refractivity contribution is 9.10. The van der Waals surface area contributed by atoms with Crippen molar-refractivity contribution in [2.75, 3.05) is 16.8 Å². The zero-order valence-corrected chi connectivity index (χ0v) is 17.8. The summed E-state index contributed by atoms with van der Waals surface area (Å²) in [5.74, 6) is 5.74. The quantitative estimate of drug-likeness (QED) is 0.600. The van der Waals surface area contributed by atoms with Crippen molar-refractivity contribution in [1.82, 2.24) is 5.32 Å². The SMILES string of the molecule is CC(=O)N1c2ccc(Br)cc2[C@H](Nc2ccc(C#CCNC(=O)O)cc2)C[C@@H]1C. The third-order valence-electron chi connectivity index (χ3n) is 4.77. The molecule has 6 nitrogen and oxygen atoms in total. The van der Waals surface area contributed by atoms with Crippen molar-refractivity contribution in [3.05, 3.63) is 58.1 Å². The van der Waals surface area contributed by atoms with Gasteiger partial charge in [0.2, 0.25) is 5.91 Å². The van der Waals surface area contributed by atoms with E-state index in [1.807, 2.05) is 41.3 Å². The number of rotatable bonds is 3. The zero-order chi connectivity index (χ0) is 21.0. The lowest BCUT2D eigenvalue weighted by Gasteiger charge is -2.39. The van der Waals surface area contributed by atoms with Crippen LogP contribution in [0, 0.1) is 11.8 Å². The number of halogens is 1. The Morgan fingerprint density at radius 1 is 1.24 bits per heavy atom. The summed E-state index contributed by atoms with van der Waals surface area (Å²) in [5.41, 5.74) is 3.78. The Balaban J connectivity index is 1.78. The average molecular weight is 456 g/mol. The Labute approximate surface area is 178 Å². The van der Waals surface area contributed by atoms with Crippen LogP contribution in [-0.4, -0.2) is 29.7 Å². The fourth-order valence-corrected chi connectivity index (χ4v) is 3.95. The molecule has 2 aromatic carbocycles. The molecule has 3 rings (SSSR count). The molecular weight excluding hydrogens is 434 g/mol. The van der Waals surface area contributed by atoms with E-state index in [0.717, 1.165) is 33.4 Å². The van der Waals surface area contributed by atoms with Crippen molar-refractivity contribution in [2.24, 2.45) is 0 Å². The first-order chi connectivity index (χ1) is 13.8. The van der Waals surface area contributed by atoms with Crippen molar-refractivity contribution in [3.63, 3.8) is 0 Å². The molecule has 150 valence electrons. The molecule has 1 aliphatic heterocycles. The van der Waals surface area contributed by atoms with Crippen molar-refractivity contribution >= 4 is 39.3 Å². The van der Waals surface area contributed by atoms with Crippen LogP contribution in [-0.2, 0) is 4.79 Å². The van der Waals surface area contributed by atoms with E-state index in [4.69, 9.17) is 5.11 Å². The normalized spacial score (nSPS) is 17.6. The van der Waals surface area contributed by atoms with Crippen molar-refractivity contribution < 1.29 is 14.7 Å². The average Bonchev–Trinajstić information content (AvgIpc) is 2.66. The molecule has 7 heteroatoms. The molecule has 1 aliphatic rings. The fraction of sp³-hybridized carbons (Fsp3) is 0.273. The molecule has 0 unspecified atom stereocenters. The maximum Gasteiger partial charge on any atom is 0.405 e. The van der Waals surface area contributed by atoms with E-state index in [1.54, 1.807) is 6.92 Å². The van der Waals surface area contributed by atoms with Gasteiger partial charge in [-0.15, -0.1) is 0 Å². The van der Waals surface area contributed by atoms with Crippen LogP contribution in [0.25, 0.3) is 0 Å². The van der Waals surface area contributed by atoms with E-state index >= 15 is 0 Å². The summed E-state index contributed by atoms with van der Waals surface area (Å²) in [5, 5.41) is 14.3. The number of carboxylic acid groups (broad SMARTS) is 1. The summed E-state index contributed by atoms with van der Waals surface area (Å²) in [7, 11) is 0. The standard InChI is InChI=1S/C22H22BrN3O3/c1-14-12-20(19-13-17(23)7-10-21(19)26(14)15(2)27)25-18-8-5-16(6-9-18)4-3-11-24-22(28)29/h5-10,13-14,20,24-25H,11-12H2,1-2H3,(H,28,29)/t14-,20+/m0/s1. The Kier molecular flexibility index (Phi) is 6.45. The van der Waals surface area contributed by atoms with E-state index in [0.29, 0.717) is 0 Å². The molecule has 29 heavy (non-hydrogen) atoms. The number of anilines is 2. The number of hydrogen-bond acceptors (Lipinski definition) is 3. The number of amides is 2. The van der Waals surface area contributed by atoms with Gasteiger partial charge in [-0.3, -0.25) is 4.79 Å². The van der Waals surface area contributed by atoms with Gasteiger partial charge in [0, 0.05) is 34.4 Å². The second-order valence-corrected chi connectivity index (χ2v) is 7.83. The summed E-state index contributed by atoms with van der Waals surface area (Å²) in [6.45, 7) is 3.75. The van der Waals surface area contributed by atoms with Crippen LogP contribution in [0.1, 0.15) is 37.4 Å². The lowest BCUT2D eigenvalue weighted by molar-refractivity contribution is -0.117. The first kappa shape index (κ1) is 20.7. The van der Waals surface area contributed by atoms with Crippen molar-refractivity contribution in [3.8, 4) is 11.8 Å². The molecule has 2 atom stereocenters. The summed E-state index contributed by atoms with van der Waals surface area (Å²) < 4.78 is 0.974. The number of carbonyl (C=O) groups is 2. The number of fused-ring (bicyclic) bond motifs is 1. The topological polar surface area (TPSA) is 81.7 Å². The summed E-state index contributed by atoms with van der Waals surface area (Å²) in [6.07, 6.45) is -0.290. The van der Waals surface area contributed by atoms with E-state index < -0.39 is 6.09 Å². The molecule has 1 heterocycles. The van der Waals surface area contributed by atoms with Gasteiger partial charge in [-0.05, 0) is 61.4 Å². The van der Waals surface area contributed by atoms with Crippen molar-refractivity contribution in [1.29, 1.82) is 0 Å². The van der Waals surface area contributed by atoms with Gasteiger partial charge in [-0.1, -0.05) is 27.8 Å². The van der Waals surface area contributed by atoms with Crippen molar-refractivity contribution in [2.45, 2.75) is 32.4 Å². The zero-order valence-electron chi connectivity index (χ0n) is 16.2. The van der Waals surface area contributed by atoms with E-state index in [2.05, 4.69) is 51.4 Å². The lowest BCUT2D eigenvalue weighted by atomic mass is 9.91. The Bertz CT molecular complexity index is 979. The molecule has 0 bridgehead atoms. The highest BCUT2D eigenvalue weighted by Crippen LogP contribution is 2.40. The molecule has 0 aliphatic carbocycles. The largest absolute Gasteiger partial charge is 0.465 e. The van der Waals surface area contributed by atoms with E-state index in [9.17, 15) is 9.59 Å². The first-order valence-corrected chi connectivity index (χ1v) is 10.1. The van der Waals surface area contributed by atoms with Crippen LogP contribution in [0.2, 0.25) is 0 Å². The van der Waals surface area contributed by atoms with Gasteiger partial charge >= 0.3 is 6.09 Å². The molecule has 2 amide bonds. The second-order valence-electron chi connectivity index (χ2n) is 6.91. The smallest absolute Gasteiger partial charge is 0.405 e. The predicted molar refractivity (Wildman–Crippen MR) is 117 cm³/mol. The Hall–Kier alpha value is -2.98. The molecule has 0 radical (unpaired) electrons. The van der Waals surface area contributed by atoms with Gasteiger partial charge in [0.25, 0.3) is 0 Å². The molecule has 0 spiro atoms. The number of nitrogens with one attached hydrogen (secondary N) is 2. The molecule has 0 fully saturated rings. The minimum Gasteiger partial charge on any atom is -0.465 e. The number of benzene rings is 2. The third-order valence-corrected chi connectivity index (χ3v) is 5.26. The van der Waals surface area contributed by atoms with Crippen LogP contribution in [0.4, 0.5) is 16.2 Å².